The van der Waals surface area contributed by atoms with Gasteiger partial charge in [-0.25, -0.2) is 0 Å². The SMILES string of the molecule is CCNCc1ccc(COC(C)(C)CC)cc1. The van der Waals surface area contributed by atoms with Crippen LogP contribution in [0.4, 0.5) is 0 Å². The Kier molecular flexibility index (Phi) is 5.66. The van der Waals surface area contributed by atoms with Gasteiger partial charge in [-0.2, -0.15) is 0 Å². The molecule has 17 heavy (non-hydrogen) atoms. The Morgan fingerprint density at radius 1 is 1.06 bits per heavy atom. The highest BCUT2D eigenvalue weighted by atomic mass is 16.5. The summed E-state index contributed by atoms with van der Waals surface area (Å²) in [5, 5.41) is 3.32. The monoisotopic (exact) mass is 235 g/mol. The molecule has 0 aliphatic heterocycles. The zero-order valence-corrected chi connectivity index (χ0v) is 11.5. The molecule has 0 unspecified atom stereocenters. The number of ether oxygens (including phenoxy) is 1. The van der Waals surface area contributed by atoms with Crippen LogP contribution in [-0.2, 0) is 17.9 Å². The molecule has 0 bridgehead atoms. The summed E-state index contributed by atoms with van der Waals surface area (Å²) in [6.07, 6.45) is 1.03. The molecule has 0 radical (unpaired) electrons. The van der Waals surface area contributed by atoms with E-state index in [9.17, 15) is 0 Å². The summed E-state index contributed by atoms with van der Waals surface area (Å²) in [5.74, 6) is 0. The fourth-order valence-electron chi connectivity index (χ4n) is 1.40. The smallest absolute Gasteiger partial charge is 0.0724 e. The molecule has 0 aliphatic rings. The van der Waals surface area contributed by atoms with Crippen molar-refractivity contribution in [1.29, 1.82) is 0 Å². The van der Waals surface area contributed by atoms with Crippen LogP contribution in [0.15, 0.2) is 24.3 Å². The largest absolute Gasteiger partial charge is 0.371 e. The lowest BCUT2D eigenvalue weighted by Gasteiger charge is -2.23. The van der Waals surface area contributed by atoms with Crippen LogP contribution in [0.3, 0.4) is 0 Å². The third-order valence-corrected chi connectivity index (χ3v) is 3.08. The molecule has 2 nitrogen and oxygen atoms in total. The van der Waals surface area contributed by atoms with Crippen LogP contribution in [0.25, 0.3) is 0 Å². The van der Waals surface area contributed by atoms with Gasteiger partial charge in [0.1, 0.15) is 0 Å². The van der Waals surface area contributed by atoms with Crippen LogP contribution in [0, 0.1) is 0 Å². The van der Waals surface area contributed by atoms with E-state index in [1.54, 1.807) is 0 Å². The molecule has 1 aromatic rings. The Morgan fingerprint density at radius 3 is 2.18 bits per heavy atom. The molecule has 96 valence electrons. The predicted molar refractivity (Wildman–Crippen MR) is 73.0 cm³/mol. The second-order valence-electron chi connectivity index (χ2n) is 5.00. The zero-order chi connectivity index (χ0) is 12.7. The summed E-state index contributed by atoms with van der Waals surface area (Å²) in [7, 11) is 0. The van der Waals surface area contributed by atoms with Crippen LogP contribution in [0.1, 0.15) is 45.2 Å². The summed E-state index contributed by atoms with van der Waals surface area (Å²) in [6.45, 7) is 11.2. The van der Waals surface area contributed by atoms with Gasteiger partial charge in [-0.3, -0.25) is 0 Å². The Hall–Kier alpha value is -0.860. The minimum Gasteiger partial charge on any atom is -0.371 e. The van der Waals surface area contributed by atoms with Crippen molar-refractivity contribution >= 4 is 0 Å². The molecule has 0 aromatic heterocycles. The number of nitrogens with one attached hydrogen (secondary N) is 1. The second kappa shape index (κ2) is 6.77. The number of hydrogen-bond acceptors (Lipinski definition) is 2. The molecule has 1 rings (SSSR count). The molecular formula is C15H25NO. The van der Waals surface area contributed by atoms with Crippen molar-refractivity contribution in [3.05, 3.63) is 35.4 Å². The minimum absolute atomic E-state index is 0.0254. The van der Waals surface area contributed by atoms with Crippen molar-refractivity contribution in [2.75, 3.05) is 6.54 Å². The van der Waals surface area contributed by atoms with Crippen molar-refractivity contribution in [2.24, 2.45) is 0 Å². The topological polar surface area (TPSA) is 21.3 Å². The van der Waals surface area contributed by atoms with Gasteiger partial charge in [-0.1, -0.05) is 38.1 Å². The molecule has 0 heterocycles. The summed E-state index contributed by atoms with van der Waals surface area (Å²) in [6, 6.07) is 8.64. The first kappa shape index (κ1) is 14.2. The lowest BCUT2D eigenvalue weighted by molar-refractivity contribution is -0.0316. The normalized spacial score (nSPS) is 11.8. The van der Waals surface area contributed by atoms with Crippen LogP contribution in [0.5, 0.6) is 0 Å². The van der Waals surface area contributed by atoms with Gasteiger partial charge >= 0.3 is 0 Å². The molecule has 0 fully saturated rings. The number of rotatable bonds is 7. The summed E-state index contributed by atoms with van der Waals surface area (Å²) in [5.41, 5.74) is 2.54. The molecule has 0 saturated carbocycles. The van der Waals surface area contributed by atoms with Crippen LogP contribution >= 0.6 is 0 Å². The first-order valence-corrected chi connectivity index (χ1v) is 6.50. The lowest BCUT2D eigenvalue weighted by atomic mass is 10.1. The Labute approximate surface area is 105 Å². The van der Waals surface area contributed by atoms with E-state index in [1.165, 1.54) is 11.1 Å². The van der Waals surface area contributed by atoms with Crippen molar-refractivity contribution in [2.45, 2.75) is 52.9 Å². The molecule has 0 amide bonds. The molecule has 0 spiro atoms. The molecular weight excluding hydrogens is 210 g/mol. The summed E-state index contributed by atoms with van der Waals surface area (Å²) < 4.78 is 5.87. The van der Waals surface area contributed by atoms with Crippen LogP contribution < -0.4 is 5.32 Å². The maximum absolute atomic E-state index is 5.87. The van der Waals surface area contributed by atoms with Crippen molar-refractivity contribution < 1.29 is 4.74 Å². The van der Waals surface area contributed by atoms with E-state index in [2.05, 4.69) is 57.3 Å². The molecule has 0 atom stereocenters. The van der Waals surface area contributed by atoms with Gasteiger partial charge in [0.15, 0.2) is 0 Å². The molecule has 0 saturated heterocycles. The zero-order valence-electron chi connectivity index (χ0n) is 11.5. The van der Waals surface area contributed by atoms with Gasteiger partial charge in [0.25, 0.3) is 0 Å². The van der Waals surface area contributed by atoms with Crippen LogP contribution in [0.2, 0.25) is 0 Å². The van der Waals surface area contributed by atoms with Crippen LogP contribution in [-0.4, -0.2) is 12.1 Å². The predicted octanol–water partition coefficient (Wildman–Crippen LogP) is 3.50. The molecule has 1 aromatic carbocycles. The molecule has 0 aliphatic carbocycles. The fourth-order valence-corrected chi connectivity index (χ4v) is 1.40. The Morgan fingerprint density at radius 2 is 1.65 bits per heavy atom. The van der Waals surface area contributed by atoms with Crippen molar-refractivity contribution in [1.82, 2.24) is 5.32 Å². The van der Waals surface area contributed by atoms with Gasteiger partial charge < -0.3 is 10.1 Å². The average Bonchev–Trinajstić information content (AvgIpc) is 2.35. The van der Waals surface area contributed by atoms with E-state index in [1.807, 2.05) is 0 Å². The van der Waals surface area contributed by atoms with E-state index >= 15 is 0 Å². The average molecular weight is 235 g/mol. The van der Waals surface area contributed by atoms with Crippen molar-refractivity contribution in [3.8, 4) is 0 Å². The van der Waals surface area contributed by atoms with Gasteiger partial charge in [0.2, 0.25) is 0 Å². The highest BCUT2D eigenvalue weighted by Crippen LogP contribution is 2.16. The molecule has 1 N–H and O–H groups in total. The van der Waals surface area contributed by atoms with Gasteiger partial charge in [0, 0.05) is 6.54 Å². The van der Waals surface area contributed by atoms with E-state index in [4.69, 9.17) is 4.74 Å². The lowest BCUT2D eigenvalue weighted by Crippen LogP contribution is -2.22. The van der Waals surface area contributed by atoms with Gasteiger partial charge in [-0.15, -0.1) is 0 Å². The Balaban J connectivity index is 2.45. The van der Waals surface area contributed by atoms with Gasteiger partial charge in [-0.05, 0) is 37.9 Å². The van der Waals surface area contributed by atoms with E-state index < -0.39 is 0 Å². The minimum atomic E-state index is -0.0254. The summed E-state index contributed by atoms with van der Waals surface area (Å²) in [4.78, 5) is 0. The highest BCUT2D eigenvalue weighted by Gasteiger charge is 2.14. The highest BCUT2D eigenvalue weighted by molar-refractivity contribution is 5.21. The summed E-state index contributed by atoms with van der Waals surface area (Å²) >= 11 is 0. The maximum Gasteiger partial charge on any atom is 0.0724 e. The van der Waals surface area contributed by atoms with Crippen molar-refractivity contribution in [3.63, 3.8) is 0 Å². The van der Waals surface area contributed by atoms with Gasteiger partial charge in [0.05, 0.1) is 12.2 Å². The number of benzene rings is 1. The van der Waals surface area contributed by atoms with E-state index in [-0.39, 0.29) is 5.60 Å². The first-order chi connectivity index (χ1) is 8.07. The van der Waals surface area contributed by atoms with E-state index in [0.29, 0.717) is 6.61 Å². The third-order valence-electron chi connectivity index (χ3n) is 3.08. The molecule has 2 heteroatoms. The Bertz CT molecular complexity index is 316. The van der Waals surface area contributed by atoms with E-state index in [0.717, 1.165) is 19.5 Å². The quantitative estimate of drug-likeness (QED) is 0.781. The maximum atomic E-state index is 5.87. The third kappa shape index (κ3) is 5.33. The fraction of sp³-hybridized carbons (Fsp3) is 0.600. The first-order valence-electron chi connectivity index (χ1n) is 6.50. The number of hydrogen-bond donors (Lipinski definition) is 1. The second-order valence-corrected chi connectivity index (χ2v) is 5.00. The standard InChI is InChI=1S/C15H25NO/c1-5-15(3,4)17-12-14-9-7-13(8-10-14)11-16-6-2/h7-10,16H,5-6,11-12H2,1-4H3.